The van der Waals surface area contributed by atoms with Crippen molar-refractivity contribution >= 4 is 115 Å². The van der Waals surface area contributed by atoms with Crippen molar-refractivity contribution < 1.29 is 52.2 Å². The van der Waals surface area contributed by atoms with E-state index in [1.54, 1.807) is 6.07 Å². The van der Waals surface area contributed by atoms with Crippen molar-refractivity contribution in [3.63, 3.8) is 0 Å². The summed E-state index contributed by atoms with van der Waals surface area (Å²) >= 11 is 14.1. The van der Waals surface area contributed by atoms with Gasteiger partial charge >= 0.3 is 23.8 Å². The molecule has 2 aliphatic rings. The minimum atomic E-state index is -4.31. The molecule has 0 aliphatic carbocycles. The lowest BCUT2D eigenvalue weighted by Crippen LogP contribution is -2.35. The van der Waals surface area contributed by atoms with Crippen molar-refractivity contribution in [1.82, 2.24) is 14.0 Å². The minimum Gasteiger partial charge on any atom is -0.480 e. The first-order valence-corrected chi connectivity index (χ1v) is 21.5. The van der Waals surface area contributed by atoms with Crippen molar-refractivity contribution in [2.75, 3.05) is 23.7 Å². The standard InChI is InChI=1S/C35H29ClN4O13S5/c1-17-10-22-21(13-20(17)36)37(8-5-9-58(50,51)52)32(55-22)19(11-18-6-3-2-4-7-18)12-23-29(47)38(14-24(41)42)34(56-23)28-31(49)39(15-25(43)44)33(57-28)27-30(48)40(16-26(45)46)35(54)53-27/h2-4,6-7,10,12-13H,5,8-9,11,14-16H2,1H3,(H,41,42)(H,43,44)(H,45,46)(H,50,51,52)/b23-12?,32-19?,33-27?,34-28+. The van der Waals surface area contributed by atoms with E-state index < -0.39 is 81.4 Å². The number of amides is 1. The van der Waals surface area contributed by atoms with Gasteiger partial charge in [0.25, 0.3) is 26.4 Å². The quantitative estimate of drug-likeness (QED) is 0.111. The van der Waals surface area contributed by atoms with E-state index in [1.807, 2.05) is 48.2 Å². The van der Waals surface area contributed by atoms with E-state index in [0.29, 0.717) is 42.1 Å². The van der Waals surface area contributed by atoms with Crippen LogP contribution in [0.3, 0.4) is 0 Å². The van der Waals surface area contributed by atoms with Crippen LogP contribution in [0.25, 0.3) is 11.8 Å². The molecule has 17 nitrogen and oxygen atoms in total. The molecule has 4 heterocycles. The largest absolute Gasteiger partial charge is 0.480 e. The summed E-state index contributed by atoms with van der Waals surface area (Å²) in [5.74, 6) is -6.62. The van der Waals surface area contributed by atoms with Gasteiger partial charge in [0.15, 0.2) is 0 Å². The van der Waals surface area contributed by atoms with E-state index in [9.17, 15) is 57.1 Å². The molecule has 4 aromatic rings. The van der Waals surface area contributed by atoms with Crippen LogP contribution in [0.5, 0.6) is 0 Å². The molecule has 23 heteroatoms. The topological polar surface area (TPSA) is 243 Å². The summed E-state index contributed by atoms with van der Waals surface area (Å²) in [5.41, 5.74) is 0.918. The number of halogens is 1. The average molecular weight is 909 g/mol. The number of hydrogen-bond donors (Lipinski definition) is 4. The second-order valence-corrected chi connectivity index (χ2v) is 18.0. The number of carboxylic acids is 3. The molecule has 58 heavy (non-hydrogen) atoms. The molecule has 0 radical (unpaired) electrons. The molecule has 0 spiro atoms. The van der Waals surface area contributed by atoms with Gasteiger partial charge in [-0.25, -0.2) is 0 Å². The number of thiazole rings is 2. The highest BCUT2D eigenvalue weighted by Crippen LogP contribution is 2.49. The van der Waals surface area contributed by atoms with E-state index in [4.69, 9.17) is 28.6 Å². The number of thiocarbonyl (C=S) groups is 1. The summed E-state index contributed by atoms with van der Waals surface area (Å²) in [5, 5.41) is 29.3. The zero-order valence-corrected chi connectivity index (χ0v) is 34.6. The van der Waals surface area contributed by atoms with E-state index in [-0.39, 0.29) is 37.8 Å². The van der Waals surface area contributed by atoms with Gasteiger partial charge in [-0.1, -0.05) is 53.7 Å². The SMILES string of the molecule is Cc1cc2c(cc1Cl)N(CCCS(=O)(=O)O)C(=C(C=c1s/c(=c3/sc(=C4OC(=S)N(CC(=O)O)C4=O)n(CC(=O)O)c3=O)n(CC(=O)O)c1=O)Cc1ccccc1)S2. The zero-order chi connectivity index (χ0) is 42.2. The molecule has 0 unspecified atom stereocenters. The molecule has 1 fully saturated rings. The first-order chi connectivity index (χ1) is 27.3. The maximum absolute atomic E-state index is 14.2. The Labute approximate surface area is 349 Å². The number of ether oxygens (including phenoxy) is 1. The van der Waals surface area contributed by atoms with Gasteiger partial charge < -0.3 is 25.0 Å². The Hall–Kier alpha value is -5.10. The van der Waals surface area contributed by atoms with Gasteiger partial charge in [0.2, 0.25) is 5.76 Å². The first kappa shape index (κ1) is 42.5. The number of thioether (sulfide) groups is 1. The first-order valence-electron chi connectivity index (χ1n) is 16.7. The second kappa shape index (κ2) is 17.0. The molecule has 0 saturated carbocycles. The third-order valence-corrected chi connectivity index (χ3v) is 13.7. The average Bonchev–Trinajstić information content (AvgIpc) is 3.82. The molecular formula is C35H29ClN4O13S5. The highest BCUT2D eigenvalue weighted by atomic mass is 35.5. The van der Waals surface area contributed by atoms with Crippen molar-refractivity contribution in [3.8, 4) is 0 Å². The molecule has 304 valence electrons. The number of carboxylic acid groups (broad SMARTS) is 3. The molecule has 2 aromatic carbocycles. The number of allylic oxidation sites excluding steroid dienone is 1. The molecule has 6 rings (SSSR count). The van der Waals surface area contributed by atoms with Crippen LogP contribution in [0.15, 0.2) is 67.6 Å². The molecule has 2 aromatic heterocycles. The van der Waals surface area contributed by atoms with Crippen LogP contribution in [0.1, 0.15) is 17.5 Å². The monoisotopic (exact) mass is 908 g/mol. The normalized spacial score (nSPS) is 16.8. The lowest BCUT2D eigenvalue weighted by atomic mass is 10.1. The van der Waals surface area contributed by atoms with Gasteiger partial charge in [-0.3, -0.25) is 47.4 Å². The summed E-state index contributed by atoms with van der Waals surface area (Å²) in [6.07, 6.45) is 1.75. The van der Waals surface area contributed by atoms with E-state index in [0.717, 1.165) is 31.9 Å². The van der Waals surface area contributed by atoms with Gasteiger partial charge in [-0.05, 0) is 60.5 Å². The Kier molecular flexibility index (Phi) is 12.5. The predicted molar refractivity (Wildman–Crippen MR) is 218 cm³/mol. The van der Waals surface area contributed by atoms with Crippen LogP contribution < -0.4 is 25.2 Å². The molecule has 1 saturated heterocycles. The maximum Gasteiger partial charge on any atom is 0.323 e. The number of nitrogens with zero attached hydrogens (tertiary/aromatic N) is 4. The second-order valence-electron chi connectivity index (χ2n) is 12.7. The van der Waals surface area contributed by atoms with E-state index in [2.05, 4.69) is 0 Å². The van der Waals surface area contributed by atoms with Crippen LogP contribution in [-0.2, 0) is 53.5 Å². The number of fused-ring (bicyclic) bond motifs is 1. The summed E-state index contributed by atoms with van der Waals surface area (Å²) in [6.45, 7) is -0.882. The lowest BCUT2D eigenvalue weighted by Gasteiger charge is -2.23. The van der Waals surface area contributed by atoms with Crippen LogP contribution >= 0.6 is 58.3 Å². The zero-order valence-electron chi connectivity index (χ0n) is 29.7. The van der Waals surface area contributed by atoms with Crippen LogP contribution in [0, 0.1) is 16.1 Å². The predicted octanol–water partition coefficient (Wildman–Crippen LogP) is 2.01. The van der Waals surface area contributed by atoms with Gasteiger partial charge in [0.05, 0.1) is 21.0 Å². The highest BCUT2D eigenvalue weighted by Gasteiger charge is 2.37. The Morgan fingerprint density at radius 3 is 2.16 bits per heavy atom. The highest BCUT2D eigenvalue weighted by molar-refractivity contribution is 8.03. The Morgan fingerprint density at radius 2 is 1.53 bits per heavy atom. The Morgan fingerprint density at radius 1 is 0.897 bits per heavy atom. The fraction of sp³-hybridized carbons (Fsp3) is 0.229. The van der Waals surface area contributed by atoms with Gasteiger partial charge in [0, 0.05) is 22.9 Å². The number of aromatic nitrogens is 2. The summed E-state index contributed by atoms with van der Waals surface area (Å²) in [6, 6.07) is 12.7. The van der Waals surface area contributed by atoms with Crippen molar-refractivity contribution in [1.29, 1.82) is 0 Å². The van der Waals surface area contributed by atoms with Gasteiger partial charge in [0.1, 0.15) is 33.5 Å². The molecule has 0 bridgehead atoms. The number of rotatable bonds is 13. The third kappa shape index (κ3) is 9.12. The fourth-order valence-electron chi connectivity index (χ4n) is 5.99. The molecule has 0 atom stereocenters. The molecule has 2 aliphatic heterocycles. The van der Waals surface area contributed by atoms with Crippen molar-refractivity contribution in [3.05, 3.63) is 108 Å². The van der Waals surface area contributed by atoms with Crippen molar-refractivity contribution in [2.24, 2.45) is 0 Å². The van der Waals surface area contributed by atoms with Crippen LogP contribution in [0.4, 0.5) is 5.69 Å². The molecular weight excluding hydrogens is 880 g/mol. The van der Waals surface area contributed by atoms with Gasteiger partial charge in [-0.2, -0.15) is 8.42 Å². The number of carbonyl (C=O) groups excluding carboxylic acids is 1. The number of aliphatic carboxylic acids is 3. The van der Waals surface area contributed by atoms with E-state index in [1.165, 1.54) is 17.8 Å². The molecule has 4 N–H and O–H groups in total. The van der Waals surface area contributed by atoms with Crippen LogP contribution in [-0.4, -0.2) is 90.2 Å². The summed E-state index contributed by atoms with van der Waals surface area (Å²) in [4.78, 5) is 80.1. The smallest absolute Gasteiger partial charge is 0.323 e. The number of aryl methyl sites for hydroxylation is 1. The number of anilines is 1. The van der Waals surface area contributed by atoms with Crippen molar-refractivity contribution in [2.45, 2.75) is 37.8 Å². The molecule has 1 amide bonds. The maximum atomic E-state index is 14.2. The number of benzene rings is 2. The minimum absolute atomic E-state index is 0.00829. The number of hydrogen-bond acceptors (Lipinski definition) is 14. The Bertz CT molecular complexity index is 2920. The number of carbonyl (C=O) groups is 4. The lowest BCUT2D eigenvalue weighted by molar-refractivity contribution is -0.140. The third-order valence-electron chi connectivity index (χ3n) is 8.49. The fourth-order valence-corrected chi connectivity index (χ4v) is 10.5. The summed E-state index contributed by atoms with van der Waals surface area (Å²) in [7, 11) is -4.31. The Balaban J connectivity index is 1.66. The summed E-state index contributed by atoms with van der Waals surface area (Å²) < 4.78 is 38.8. The van der Waals surface area contributed by atoms with E-state index >= 15 is 0 Å². The van der Waals surface area contributed by atoms with Crippen LogP contribution in [0.2, 0.25) is 5.02 Å². The van der Waals surface area contributed by atoms with Gasteiger partial charge in [-0.15, -0.1) is 22.7 Å².